The predicted octanol–water partition coefficient (Wildman–Crippen LogP) is 2.66. The molecule has 1 aliphatic rings. The van der Waals surface area contributed by atoms with Crippen molar-refractivity contribution in [3.8, 4) is 0 Å². The van der Waals surface area contributed by atoms with Gasteiger partial charge in [-0.3, -0.25) is 9.69 Å². The lowest BCUT2D eigenvalue weighted by Gasteiger charge is -2.26. The Morgan fingerprint density at radius 2 is 2.08 bits per heavy atom. The molecular formula is C18H25N3O2S. The van der Waals surface area contributed by atoms with Crippen LogP contribution in [0.4, 0.5) is 5.69 Å². The predicted molar refractivity (Wildman–Crippen MR) is 101 cm³/mol. The van der Waals surface area contributed by atoms with Gasteiger partial charge in [-0.2, -0.15) is 11.8 Å². The van der Waals surface area contributed by atoms with E-state index in [1.807, 2.05) is 25.3 Å². The van der Waals surface area contributed by atoms with E-state index >= 15 is 0 Å². The first kappa shape index (κ1) is 17.3. The molecule has 130 valence electrons. The number of aromatic nitrogens is 1. The summed E-state index contributed by atoms with van der Waals surface area (Å²) in [6.45, 7) is 7.64. The van der Waals surface area contributed by atoms with Crippen LogP contribution in [0.5, 0.6) is 0 Å². The summed E-state index contributed by atoms with van der Waals surface area (Å²) in [5.74, 6) is 0.0496. The van der Waals surface area contributed by atoms with E-state index in [0.29, 0.717) is 0 Å². The number of carbonyl (C=O) groups excluding carboxylic acids is 1. The second kappa shape index (κ2) is 8.05. The molecule has 0 saturated carbocycles. The average molecular weight is 347 g/mol. The number of nitrogens with one attached hydrogen (secondary N) is 1. The maximum absolute atomic E-state index is 12.0. The molecule has 0 unspecified atom stereocenters. The minimum Gasteiger partial charge on any atom is -0.379 e. The monoisotopic (exact) mass is 347 g/mol. The van der Waals surface area contributed by atoms with E-state index in [2.05, 4.69) is 33.1 Å². The van der Waals surface area contributed by atoms with Crippen molar-refractivity contribution in [2.24, 2.45) is 0 Å². The van der Waals surface area contributed by atoms with Crippen LogP contribution in [0.3, 0.4) is 0 Å². The Morgan fingerprint density at radius 3 is 2.83 bits per heavy atom. The molecule has 0 bridgehead atoms. The second-order valence-corrected chi connectivity index (χ2v) is 7.28. The molecule has 1 saturated heterocycles. The molecule has 1 aliphatic heterocycles. The SMILES string of the molecule is CS[C@H](C)C(=O)Nc1ccc2c(ccn2CCN2CCOCC2)c1. The van der Waals surface area contributed by atoms with Crippen LogP contribution in [0, 0.1) is 0 Å². The second-order valence-electron chi connectivity index (χ2n) is 6.10. The van der Waals surface area contributed by atoms with Crippen LogP contribution < -0.4 is 5.32 Å². The third kappa shape index (κ3) is 4.12. The van der Waals surface area contributed by atoms with Gasteiger partial charge >= 0.3 is 0 Å². The number of hydrogen-bond acceptors (Lipinski definition) is 4. The standard InChI is InChI=1S/C18H25N3O2S/c1-14(24-2)18(22)19-16-3-4-17-15(13-16)5-6-21(17)8-7-20-9-11-23-12-10-20/h3-6,13-14H,7-12H2,1-2H3,(H,19,22)/t14-/m1/s1. The lowest BCUT2D eigenvalue weighted by molar-refractivity contribution is -0.115. The van der Waals surface area contributed by atoms with Crippen molar-refractivity contribution in [1.29, 1.82) is 0 Å². The zero-order valence-corrected chi connectivity index (χ0v) is 15.1. The molecule has 0 spiro atoms. The highest BCUT2D eigenvalue weighted by Crippen LogP contribution is 2.21. The van der Waals surface area contributed by atoms with Gasteiger partial charge in [-0.25, -0.2) is 0 Å². The maximum atomic E-state index is 12.0. The molecule has 1 amide bonds. The molecular weight excluding hydrogens is 322 g/mol. The van der Waals surface area contributed by atoms with E-state index in [1.54, 1.807) is 11.8 Å². The fourth-order valence-electron chi connectivity index (χ4n) is 2.90. The Balaban J connectivity index is 1.65. The van der Waals surface area contributed by atoms with E-state index < -0.39 is 0 Å². The third-order valence-corrected chi connectivity index (χ3v) is 5.44. The summed E-state index contributed by atoms with van der Waals surface area (Å²) in [4.78, 5) is 14.4. The van der Waals surface area contributed by atoms with Gasteiger partial charge in [0.2, 0.25) is 5.91 Å². The van der Waals surface area contributed by atoms with E-state index in [9.17, 15) is 4.79 Å². The fourth-order valence-corrected chi connectivity index (χ4v) is 3.17. The number of amides is 1. The van der Waals surface area contributed by atoms with Crippen molar-refractivity contribution < 1.29 is 9.53 Å². The minimum atomic E-state index is -0.0428. The van der Waals surface area contributed by atoms with Crippen LogP contribution in [0.2, 0.25) is 0 Å². The zero-order valence-electron chi connectivity index (χ0n) is 14.3. The van der Waals surface area contributed by atoms with Crippen LogP contribution in [0.1, 0.15) is 6.92 Å². The van der Waals surface area contributed by atoms with Gasteiger partial charge in [0.05, 0.1) is 18.5 Å². The summed E-state index contributed by atoms with van der Waals surface area (Å²) >= 11 is 1.55. The summed E-state index contributed by atoms with van der Waals surface area (Å²) in [5, 5.41) is 4.10. The number of carbonyl (C=O) groups is 1. The Bertz CT molecular complexity index is 695. The van der Waals surface area contributed by atoms with Gasteiger partial charge in [-0.15, -0.1) is 0 Å². The number of nitrogens with zero attached hydrogens (tertiary/aromatic N) is 2. The molecule has 2 heterocycles. The van der Waals surface area contributed by atoms with Crippen LogP contribution in [-0.2, 0) is 16.1 Å². The van der Waals surface area contributed by atoms with Gasteiger partial charge in [0, 0.05) is 49.0 Å². The van der Waals surface area contributed by atoms with Gasteiger partial charge < -0.3 is 14.6 Å². The van der Waals surface area contributed by atoms with Gasteiger partial charge in [0.1, 0.15) is 0 Å². The number of fused-ring (bicyclic) bond motifs is 1. The zero-order chi connectivity index (χ0) is 16.9. The first-order valence-electron chi connectivity index (χ1n) is 8.40. The Labute approximate surface area is 147 Å². The number of thioether (sulfide) groups is 1. The van der Waals surface area contributed by atoms with Crippen molar-refractivity contribution >= 4 is 34.3 Å². The van der Waals surface area contributed by atoms with Gasteiger partial charge in [-0.1, -0.05) is 0 Å². The largest absolute Gasteiger partial charge is 0.379 e. The fraction of sp³-hybridized carbons (Fsp3) is 0.500. The molecule has 3 rings (SSSR count). The van der Waals surface area contributed by atoms with Crippen molar-refractivity contribution in [3.05, 3.63) is 30.5 Å². The normalized spacial score (nSPS) is 17.1. The number of benzene rings is 1. The van der Waals surface area contributed by atoms with E-state index in [4.69, 9.17) is 4.74 Å². The number of anilines is 1. The van der Waals surface area contributed by atoms with E-state index in [1.165, 1.54) is 5.52 Å². The summed E-state index contributed by atoms with van der Waals surface area (Å²) in [6.07, 6.45) is 4.07. The lowest BCUT2D eigenvalue weighted by atomic mass is 10.2. The van der Waals surface area contributed by atoms with Crippen LogP contribution in [0.25, 0.3) is 10.9 Å². The number of rotatable bonds is 6. The third-order valence-electron chi connectivity index (χ3n) is 4.52. The minimum absolute atomic E-state index is 0.0428. The molecule has 6 heteroatoms. The van der Waals surface area contributed by atoms with E-state index in [0.717, 1.165) is 50.5 Å². The summed E-state index contributed by atoms with van der Waals surface area (Å²) < 4.78 is 7.67. The van der Waals surface area contributed by atoms with Crippen molar-refractivity contribution in [3.63, 3.8) is 0 Å². The molecule has 1 aromatic heterocycles. The van der Waals surface area contributed by atoms with E-state index in [-0.39, 0.29) is 11.2 Å². The van der Waals surface area contributed by atoms with Crippen molar-refractivity contribution in [1.82, 2.24) is 9.47 Å². The highest BCUT2D eigenvalue weighted by Gasteiger charge is 2.13. The topological polar surface area (TPSA) is 46.5 Å². The van der Waals surface area contributed by atoms with Crippen LogP contribution in [-0.4, -0.2) is 59.7 Å². The molecule has 5 nitrogen and oxygen atoms in total. The average Bonchev–Trinajstić information content (AvgIpc) is 3.02. The number of ether oxygens (including phenoxy) is 1. The quantitative estimate of drug-likeness (QED) is 0.873. The van der Waals surface area contributed by atoms with Crippen LogP contribution >= 0.6 is 11.8 Å². The summed E-state index contributed by atoms with van der Waals surface area (Å²) in [7, 11) is 0. The lowest BCUT2D eigenvalue weighted by Crippen LogP contribution is -2.38. The van der Waals surface area contributed by atoms with Crippen molar-refractivity contribution in [2.45, 2.75) is 18.7 Å². The van der Waals surface area contributed by atoms with Crippen molar-refractivity contribution in [2.75, 3.05) is 44.4 Å². The Hall–Kier alpha value is -1.50. The molecule has 2 aromatic rings. The molecule has 1 N–H and O–H groups in total. The highest BCUT2D eigenvalue weighted by atomic mass is 32.2. The molecule has 1 aromatic carbocycles. The highest BCUT2D eigenvalue weighted by molar-refractivity contribution is 7.99. The Kier molecular flexibility index (Phi) is 5.81. The molecule has 0 aliphatic carbocycles. The summed E-state index contributed by atoms with van der Waals surface area (Å²) in [5.41, 5.74) is 2.07. The molecule has 24 heavy (non-hydrogen) atoms. The van der Waals surface area contributed by atoms with Gasteiger partial charge in [0.25, 0.3) is 0 Å². The first-order chi connectivity index (χ1) is 11.7. The van der Waals surface area contributed by atoms with Crippen LogP contribution in [0.15, 0.2) is 30.5 Å². The summed E-state index contributed by atoms with van der Waals surface area (Å²) in [6, 6.07) is 8.24. The Morgan fingerprint density at radius 1 is 1.29 bits per heavy atom. The smallest absolute Gasteiger partial charge is 0.237 e. The number of morpholine rings is 1. The van der Waals surface area contributed by atoms with Gasteiger partial charge in [0.15, 0.2) is 0 Å². The maximum Gasteiger partial charge on any atom is 0.237 e. The molecule has 0 radical (unpaired) electrons. The molecule has 1 fully saturated rings. The molecule has 1 atom stereocenters. The first-order valence-corrected chi connectivity index (χ1v) is 9.69. The number of hydrogen-bond donors (Lipinski definition) is 1. The van der Waals surface area contributed by atoms with Gasteiger partial charge in [-0.05, 0) is 37.4 Å².